The molecule has 0 aliphatic heterocycles. The molecule has 0 radical (unpaired) electrons. The molecule has 2 rings (SSSR count). The number of hydrogen-bond acceptors (Lipinski definition) is 2. The Labute approximate surface area is 128 Å². The average Bonchev–Trinajstić information content (AvgIpc) is 2.49. The highest BCUT2D eigenvalue weighted by atomic mass is 15.1. The second kappa shape index (κ2) is 7.96. The molecule has 0 saturated carbocycles. The van der Waals surface area contributed by atoms with Crippen molar-refractivity contribution in [3.8, 4) is 0 Å². The standard InChI is InChI=1S/C19H26N2/c1-4-20-13-17-9-11-18(12-10-17)14-21(3)15-19-8-6-5-7-16(19)2/h5-12,20H,4,13-15H2,1-3H3. The molecular formula is C19H26N2. The third-order valence-corrected chi connectivity index (χ3v) is 3.76. The molecule has 0 amide bonds. The minimum absolute atomic E-state index is 0.954. The van der Waals surface area contributed by atoms with E-state index >= 15 is 0 Å². The van der Waals surface area contributed by atoms with Gasteiger partial charge in [0.05, 0.1) is 0 Å². The van der Waals surface area contributed by atoms with Crippen molar-refractivity contribution in [2.24, 2.45) is 0 Å². The largest absolute Gasteiger partial charge is 0.313 e. The van der Waals surface area contributed by atoms with Crippen molar-refractivity contribution in [3.63, 3.8) is 0 Å². The van der Waals surface area contributed by atoms with Gasteiger partial charge in [-0.3, -0.25) is 4.90 Å². The molecule has 0 aliphatic rings. The fourth-order valence-electron chi connectivity index (χ4n) is 2.48. The zero-order chi connectivity index (χ0) is 15.1. The van der Waals surface area contributed by atoms with Crippen molar-refractivity contribution in [2.75, 3.05) is 13.6 Å². The summed E-state index contributed by atoms with van der Waals surface area (Å²) >= 11 is 0. The van der Waals surface area contributed by atoms with Crippen LogP contribution in [0.2, 0.25) is 0 Å². The Morgan fingerprint density at radius 3 is 2.24 bits per heavy atom. The molecule has 2 nitrogen and oxygen atoms in total. The van der Waals surface area contributed by atoms with E-state index < -0.39 is 0 Å². The highest BCUT2D eigenvalue weighted by Crippen LogP contribution is 2.12. The summed E-state index contributed by atoms with van der Waals surface area (Å²) in [7, 11) is 2.18. The van der Waals surface area contributed by atoms with Crippen LogP contribution >= 0.6 is 0 Å². The van der Waals surface area contributed by atoms with E-state index in [0.29, 0.717) is 0 Å². The normalized spacial score (nSPS) is 11.0. The lowest BCUT2D eigenvalue weighted by atomic mass is 10.1. The summed E-state index contributed by atoms with van der Waals surface area (Å²) in [6.45, 7) is 8.26. The molecule has 0 unspecified atom stereocenters. The Hall–Kier alpha value is -1.64. The lowest BCUT2D eigenvalue weighted by Gasteiger charge is -2.18. The van der Waals surface area contributed by atoms with Crippen LogP contribution in [0.1, 0.15) is 29.2 Å². The Morgan fingerprint density at radius 1 is 0.905 bits per heavy atom. The SMILES string of the molecule is CCNCc1ccc(CN(C)Cc2ccccc2C)cc1. The second-order valence-corrected chi connectivity index (χ2v) is 5.70. The quantitative estimate of drug-likeness (QED) is 0.832. The van der Waals surface area contributed by atoms with E-state index in [4.69, 9.17) is 0 Å². The molecule has 0 heterocycles. The number of hydrogen-bond donors (Lipinski definition) is 1. The van der Waals surface area contributed by atoms with E-state index in [9.17, 15) is 0 Å². The van der Waals surface area contributed by atoms with E-state index in [2.05, 4.69) is 79.6 Å². The van der Waals surface area contributed by atoms with Crippen LogP contribution in [0.3, 0.4) is 0 Å². The fraction of sp³-hybridized carbons (Fsp3) is 0.368. The molecule has 1 N–H and O–H groups in total. The van der Waals surface area contributed by atoms with Crippen molar-refractivity contribution in [1.82, 2.24) is 10.2 Å². The molecule has 0 saturated heterocycles. The number of nitrogens with zero attached hydrogens (tertiary/aromatic N) is 1. The number of aryl methyl sites for hydroxylation is 1. The smallest absolute Gasteiger partial charge is 0.0236 e. The summed E-state index contributed by atoms with van der Waals surface area (Å²) in [5.41, 5.74) is 5.49. The van der Waals surface area contributed by atoms with E-state index in [-0.39, 0.29) is 0 Å². The molecule has 2 aromatic rings. The number of benzene rings is 2. The maximum Gasteiger partial charge on any atom is 0.0236 e. The van der Waals surface area contributed by atoms with Gasteiger partial charge in [0.15, 0.2) is 0 Å². The maximum absolute atomic E-state index is 3.35. The van der Waals surface area contributed by atoms with Crippen molar-refractivity contribution in [3.05, 3.63) is 70.8 Å². The van der Waals surface area contributed by atoms with Crippen molar-refractivity contribution >= 4 is 0 Å². The van der Waals surface area contributed by atoms with Gasteiger partial charge in [0.2, 0.25) is 0 Å². The summed E-state index contributed by atoms with van der Waals surface area (Å²) in [4.78, 5) is 2.36. The first-order valence-electron chi connectivity index (χ1n) is 7.70. The molecule has 21 heavy (non-hydrogen) atoms. The molecule has 0 aliphatic carbocycles. The lowest BCUT2D eigenvalue weighted by molar-refractivity contribution is 0.318. The number of nitrogens with one attached hydrogen (secondary N) is 1. The van der Waals surface area contributed by atoms with Gasteiger partial charge in [0.25, 0.3) is 0 Å². The van der Waals surface area contributed by atoms with Gasteiger partial charge in [0, 0.05) is 19.6 Å². The van der Waals surface area contributed by atoms with Gasteiger partial charge < -0.3 is 5.32 Å². The molecule has 0 fully saturated rings. The van der Waals surface area contributed by atoms with Gasteiger partial charge in [-0.15, -0.1) is 0 Å². The van der Waals surface area contributed by atoms with Crippen LogP contribution in [0.25, 0.3) is 0 Å². The molecule has 112 valence electrons. The van der Waals surface area contributed by atoms with Crippen molar-refractivity contribution < 1.29 is 0 Å². The monoisotopic (exact) mass is 282 g/mol. The van der Waals surface area contributed by atoms with Crippen LogP contribution in [0.15, 0.2) is 48.5 Å². The van der Waals surface area contributed by atoms with Crippen LogP contribution < -0.4 is 5.32 Å². The van der Waals surface area contributed by atoms with Crippen LogP contribution in [0.5, 0.6) is 0 Å². The third-order valence-electron chi connectivity index (χ3n) is 3.76. The van der Waals surface area contributed by atoms with E-state index in [0.717, 1.165) is 26.2 Å². The van der Waals surface area contributed by atoms with Gasteiger partial charge in [0.1, 0.15) is 0 Å². The Balaban J connectivity index is 1.90. The lowest BCUT2D eigenvalue weighted by Crippen LogP contribution is -2.18. The fourth-order valence-corrected chi connectivity index (χ4v) is 2.48. The van der Waals surface area contributed by atoms with Crippen LogP contribution in [0.4, 0.5) is 0 Å². The second-order valence-electron chi connectivity index (χ2n) is 5.70. The van der Waals surface area contributed by atoms with E-state index in [1.807, 2.05) is 0 Å². The minimum atomic E-state index is 0.954. The Kier molecular flexibility index (Phi) is 5.97. The summed E-state index contributed by atoms with van der Waals surface area (Å²) in [5.74, 6) is 0. The topological polar surface area (TPSA) is 15.3 Å². The zero-order valence-corrected chi connectivity index (χ0v) is 13.4. The predicted octanol–water partition coefficient (Wildman–Crippen LogP) is 3.74. The Bertz CT molecular complexity index is 546. The summed E-state index contributed by atoms with van der Waals surface area (Å²) in [5, 5.41) is 3.35. The van der Waals surface area contributed by atoms with Gasteiger partial charge >= 0.3 is 0 Å². The summed E-state index contributed by atoms with van der Waals surface area (Å²) < 4.78 is 0. The predicted molar refractivity (Wildman–Crippen MR) is 90.2 cm³/mol. The van der Waals surface area contributed by atoms with E-state index in [1.165, 1.54) is 22.3 Å². The molecular weight excluding hydrogens is 256 g/mol. The van der Waals surface area contributed by atoms with Crippen LogP contribution in [-0.4, -0.2) is 18.5 Å². The first-order chi connectivity index (χ1) is 10.2. The first-order valence-corrected chi connectivity index (χ1v) is 7.70. The van der Waals surface area contributed by atoms with Gasteiger partial charge in [-0.25, -0.2) is 0 Å². The van der Waals surface area contributed by atoms with Crippen LogP contribution in [0, 0.1) is 6.92 Å². The molecule has 2 aromatic carbocycles. The van der Waals surface area contributed by atoms with Crippen LogP contribution in [-0.2, 0) is 19.6 Å². The van der Waals surface area contributed by atoms with Gasteiger partial charge in [-0.05, 0) is 42.8 Å². The summed E-state index contributed by atoms with van der Waals surface area (Å²) in [6, 6.07) is 17.5. The average molecular weight is 282 g/mol. The maximum atomic E-state index is 3.35. The Morgan fingerprint density at radius 2 is 1.57 bits per heavy atom. The highest BCUT2D eigenvalue weighted by molar-refractivity contribution is 5.26. The van der Waals surface area contributed by atoms with Gasteiger partial charge in [-0.2, -0.15) is 0 Å². The first kappa shape index (κ1) is 15.7. The number of rotatable bonds is 7. The molecule has 0 atom stereocenters. The van der Waals surface area contributed by atoms with Crippen molar-refractivity contribution in [2.45, 2.75) is 33.5 Å². The zero-order valence-electron chi connectivity index (χ0n) is 13.4. The van der Waals surface area contributed by atoms with Crippen molar-refractivity contribution in [1.29, 1.82) is 0 Å². The highest BCUT2D eigenvalue weighted by Gasteiger charge is 2.04. The van der Waals surface area contributed by atoms with Gasteiger partial charge in [-0.1, -0.05) is 55.5 Å². The molecule has 0 bridgehead atoms. The minimum Gasteiger partial charge on any atom is -0.313 e. The third kappa shape index (κ3) is 5.00. The molecule has 2 heteroatoms. The molecule has 0 spiro atoms. The molecule has 0 aromatic heterocycles. The summed E-state index contributed by atoms with van der Waals surface area (Å²) in [6.07, 6.45) is 0. The van der Waals surface area contributed by atoms with E-state index in [1.54, 1.807) is 0 Å².